The summed E-state index contributed by atoms with van der Waals surface area (Å²) in [6.45, 7) is 3.00. The third-order valence-corrected chi connectivity index (χ3v) is 8.21. The molecule has 2 amide bonds. The quantitative estimate of drug-likeness (QED) is 0.209. The summed E-state index contributed by atoms with van der Waals surface area (Å²) < 4.78 is 14.4. The van der Waals surface area contributed by atoms with Crippen LogP contribution in [0.3, 0.4) is 0 Å². The van der Waals surface area contributed by atoms with E-state index in [0.29, 0.717) is 22.6 Å². The summed E-state index contributed by atoms with van der Waals surface area (Å²) in [4.78, 5) is 29.1. The lowest BCUT2D eigenvalue weighted by molar-refractivity contribution is -0.114. The van der Waals surface area contributed by atoms with E-state index < -0.39 is 0 Å². The van der Waals surface area contributed by atoms with Crippen molar-refractivity contribution in [1.29, 1.82) is 0 Å². The Hall–Kier alpha value is -3.03. The van der Waals surface area contributed by atoms with Crippen LogP contribution in [-0.2, 0) is 11.3 Å². The van der Waals surface area contributed by atoms with Crippen LogP contribution in [0, 0.1) is 5.82 Å². The molecule has 0 aliphatic carbocycles. The number of carbonyl (C=O) groups is 2. The number of hydrogen-bond donors (Lipinski definition) is 1. The van der Waals surface area contributed by atoms with E-state index in [2.05, 4.69) is 12.2 Å². The lowest BCUT2D eigenvalue weighted by Gasteiger charge is -2.30. The van der Waals surface area contributed by atoms with Crippen LogP contribution in [0.25, 0.3) is 6.08 Å². The Labute approximate surface area is 226 Å². The lowest BCUT2D eigenvalue weighted by atomic mass is 10.1. The number of rotatable bonds is 11. The smallest absolute Gasteiger partial charge is 0.265 e. The van der Waals surface area contributed by atoms with Crippen molar-refractivity contribution in [2.24, 2.45) is 0 Å². The Kier molecular flexibility index (Phi) is 9.85. The molecule has 3 aromatic rings. The minimum absolute atomic E-state index is 0.0918. The van der Waals surface area contributed by atoms with Gasteiger partial charge in [-0.1, -0.05) is 67.6 Å². The minimum Gasteiger partial charge on any atom is -0.352 e. The summed E-state index contributed by atoms with van der Waals surface area (Å²) in [5.74, 6) is 1.63. The van der Waals surface area contributed by atoms with Gasteiger partial charge in [0.25, 0.3) is 11.8 Å². The van der Waals surface area contributed by atoms with Gasteiger partial charge >= 0.3 is 0 Å². The van der Waals surface area contributed by atoms with Gasteiger partial charge in [-0.05, 0) is 66.3 Å². The number of carbonyl (C=O) groups excluding carboxylic acids is 2. The van der Waals surface area contributed by atoms with Gasteiger partial charge in [-0.3, -0.25) is 9.59 Å². The van der Waals surface area contributed by atoms with Crippen molar-refractivity contribution in [2.45, 2.75) is 37.6 Å². The maximum atomic E-state index is 14.4. The largest absolute Gasteiger partial charge is 0.352 e. The fraction of sp³-hybridized carbons (Fsp3) is 0.267. The van der Waals surface area contributed by atoms with Crippen LogP contribution in [0.2, 0.25) is 0 Å². The number of benzene rings is 3. The van der Waals surface area contributed by atoms with Crippen LogP contribution in [0.5, 0.6) is 0 Å². The van der Waals surface area contributed by atoms with Crippen molar-refractivity contribution in [2.75, 3.05) is 23.0 Å². The molecule has 4 rings (SSSR count). The van der Waals surface area contributed by atoms with E-state index in [0.717, 1.165) is 28.3 Å². The first kappa shape index (κ1) is 27.0. The number of halogens is 1. The topological polar surface area (TPSA) is 49.4 Å². The SMILES string of the molecule is CCCCSCCCNC(=O)c1ccc(/C=C2\Sc3ccccc3N(Cc3ccccc3F)C2=O)cc1. The lowest BCUT2D eigenvalue weighted by Crippen LogP contribution is -2.34. The highest BCUT2D eigenvalue weighted by atomic mass is 32.2. The maximum absolute atomic E-state index is 14.4. The second kappa shape index (κ2) is 13.5. The number of thioether (sulfide) groups is 2. The van der Waals surface area contributed by atoms with Crippen LogP contribution in [0.4, 0.5) is 10.1 Å². The number of nitrogens with zero attached hydrogens (tertiary/aromatic N) is 1. The maximum Gasteiger partial charge on any atom is 0.265 e. The Morgan fingerprint density at radius 1 is 1.00 bits per heavy atom. The van der Waals surface area contributed by atoms with E-state index in [9.17, 15) is 14.0 Å². The first-order valence-electron chi connectivity index (χ1n) is 12.6. The van der Waals surface area contributed by atoms with Crippen molar-refractivity contribution in [3.8, 4) is 0 Å². The molecule has 0 spiro atoms. The summed E-state index contributed by atoms with van der Waals surface area (Å²) in [7, 11) is 0. The van der Waals surface area contributed by atoms with Gasteiger partial charge in [0.2, 0.25) is 0 Å². The molecule has 0 fully saturated rings. The third kappa shape index (κ3) is 7.27. The molecule has 3 aromatic carbocycles. The van der Waals surface area contributed by atoms with Gasteiger partial charge in [0.1, 0.15) is 5.82 Å². The molecule has 7 heteroatoms. The first-order valence-corrected chi connectivity index (χ1v) is 14.5. The molecule has 0 bridgehead atoms. The van der Waals surface area contributed by atoms with Crippen molar-refractivity contribution >= 4 is 47.1 Å². The molecular formula is C30H31FN2O2S2. The van der Waals surface area contributed by atoms with Crippen LogP contribution in [0.1, 0.15) is 47.7 Å². The predicted octanol–water partition coefficient (Wildman–Crippen LogP) is 7.16. The average Bonchev–Trinajstić information content (AvgIpc) is 2.92. The minimum atomic E-state index is -0.333. The first-order chi connectivity index (χ1) is 18.1. The Morgan fingerprint density at radius 2 is 1.73 bits per heavy atom. The molecule has 0 saturated heterocycles. The molecule has 37 heavy (non-hydrogen) atoms. The number of nitrogens with one attached hydrogen (secondary N) is 1. The standard InChI is InChI=1S/C30H31FN2O2S2/c1-2-3-18-36-19-8-17-32-29(34)23-15-13-22(14-16-23)20-28-30(35)33(21-24-9-4-5-10-25(24)31)26-11-6-7-12-27(26)37-28/h4-7,9-16,20H,2-3,8,17-19,21H2,1H3,(H,32,34)/b28-20-. The van der Waals surface area contributed by atoms with E-state index >= 15 is 0 Å². The van der Waals surface area contributed by atoms with E-state index in [4.69, 9.17) is 0 Å². The summed E-state index contributed by atoms with van der Waals surface area (Å²) in [6.07, 6.45) is 5.23. The van der Waals surface area contributed by atoms with Gasteiger partial charge in [0, 0.05) is 22.6 Å². The van der Waals surface area contributed by atoms with E-state index in [-0.39, 0.29) is 24.2 Å². The van der Waals surface area contributed by atoms with Crippen LogP contribution in [-0.4, -0.2) is 29.9 Å². The second-order valence-electron chi connectivity index (χ2n) is 8.76. The molecule has 0 aromatic heterocycles. The molecule has 0 saturated carbocycles. The number of fused-ring (bicyclic) bond motifs is 1. The normalized spacial score (nSPS) is 14.1. The average molecular weight is 535 g/mol. The zero-order chi connectivity index (χ0) is 26.0. The van der Waals surface area contributed by atoms with Crippen molar-refractivity contribution < 1.29 is 14.0 Å². The zero-order valence-electron chi connectivity index (χ0n) is 20.9. The molecule has 1 aliphatic heterocycles. The van der Waals surface area contributed by atoms with Crippen molar-refractivity contribution in [3.63, 3.8) is 0 Å². The Bertz CT molecular complexity index is 1260. The molecule has 1 aliphatic rings. The number of hydrogen-bond acceptors (Lipinski definition) is 4. The molecular weight excluding hydrogens is 503 g/mol. The van der Waals surface area contributed by atoms with Gasteiger partial charge in [0.05, 0.1) is 17.1 Å². The van der Waals surface area contributed by atoms with Crippen LogP contribution < -0.4 is 10.2 Å². The van der Waals surface area contributed by atoms with E-state index in [1.165, 1.54) is 36.4 Å². The summed E-state index contributed by atoms with van der Waals surface area (Å²) in [5.41, 5.74) is 2.65. The molecule has 1 heterocycles. The number of para-hydroxylation sites is 1. The van der Waals surface area contributed by atoms with Crippen LogP contribution >= 0.6 is 23.5 Å². The molecule has 4 nitrogen and oxygen atoms in total. The van der Waals surface area contributed by atoms with Gasteiger partial charge in [-0.15, -0.1) is 0 Å². The summed E-state index contributed by atoms with van der Waals surface area (Å²) >= 11 is 3.34. The number of anilines is 1. The van der Waals surface area contributed by atoms with Gasteiger partial charge in [-0.25, -0.2) is 4.39 Å². The molecule has 1 N–H and O–H groups in total. The fourth-order valence-electron chi connectivity index (χ4n) is 3.92. The highest BCUT2D eigenvalue weighted by molar-refractivity contribution is 8.04. The van der Waals surface area contributed by atoms with Gasteiger partial charge in [-0.2, -0.15) is 11.8 Å². The molecule has 0 radical (unpaired) electrons. The third-order valence-electron chi connectivity index (χ3n) is 5.98. The highest BCUT2D eigenvalue weighted by Gasteiger charge is 2.29. The zero-order valence-corrected chi connectivity index (χ0v) is 22.5. The molecule has 192 valence electrons. The Morgan fingerprint density at radius 3 is 2.51 bits per heavy atom. The van der Waals surface area contributed by atoms with Crippen molar-refractivity contribution in [3.05, 3.63) is 100 Å². The van der Waals surface area contributed by atoms with Gasteiger partial charge < -0.3 is 10.2 Å². The fourth-order valence-corrected chi connectivity index (χ4v) is 6.03. The Balaban J connectivity index is 1.43. The molecule has 0 unspecified atom stereocenters. The highest BCUT2D eigenvalue weighted by Crippen LogP contribution is 2.42. The predicted molar refractivity (Wildman–Crippen MR) is 153 cm³/mol. The number of amides is 2. The second-order valence-corrected chi connectivity index (χ2v) is 11.1. The van der Waals surface area contributed by atoms with Crippen molar-refractivity contribution in [1.82, 2.24) is 5.32 Å². The summed E-state index contributed by atoms with van der Waals surface area (Å²) in [5, 5.41) is 2.98. The van der Waals surface area contributed by atoms with E-state index in [1.807, 2.05) is 54.2 Å². The summed E-state index contributed by atoms with van der Waals surface area (Å²) in [6, 6.07) is 21.4. The molecule has 0 atom stereocenters. The number of unbranched alkanes of at least 4 members (excludes halogenated alkanes) is 1. The van der Waals surface area contributed by atoms with Gasteiger partial charge in [0.15, 0.2) is 0 Å². The van der Waals surface area contributed by atoms with E-state index in [1.54, 1.807) is 35.2 Å². The van der Waals surface area contributed by atoms with Crippen LogP contribution in [0.15, 0.2) is 82.6 Å². The monoisotopic (exact) mass is 534 g/mol.